The van der Waals surface area contributed by atoms with E-state index in [1.165, 1.54) is 22.2 Å². The Bertz CT molecular complexity index is 870. The van der Waals surface area contributed by atoms with Gasteiger partial charge in [-0.15, -0.1) is 0 Å². The van der Waals surface area contributed by atoms with Gasteiger partial charge in [-0.2, -0.15) is 0 Å². The Morgan fingerprint density at radius 1 is 1.04 bits per heavy atom. The number of fused-ring (bicyclic) bond motifs is 3. The van der Waals surface area contributed by atoms with Gasteiger partial charge < -0.3 is 9.88 Å². The van der Waals surface area contributed by atoms with E-state index in [9.17, 15) is 4.79 Å². The first-order valence-electron chi connectivity index (χ1n) is 7.85. The van der Waals surface area contributed by atoms with Gasteiger partial charge in [-0.05, 0) is 36.2 Å². The molecule has 0 fully saturated rings. The largest absolute Gasteiger partial charge is 0.358 e. The fraction of sp³-hybridized carbons (Fsp3) is 0.211. The van der Waals surface area contributed by atoms with Crippen LogP contribution in [0.5, 0.6) is 0 Å². The summed E-state index contributed by atoms with van der Waals surface area (Å²) in [6, 6.07) is 15.9. The molecule has 1 aliphatic heterocycles. The number of carbonyl (C=O) groups is 1. The predicted octanol–water partition coefficient (Wildman–Crippen LogP) is 4.17. The highest BCUT2D eigenvalue weighted by Crippen LogP contribution is 2.28. The molecule has 1 aromatic heterocycles. The molecule has 0 saturated heterocycles. The third kappa shape index (κ3) is 2.68. The first-order valence-corrected chi connectivity index (χ1v) is 8.65. The number of nitrogens with one attached hydrogen (secondary N) is 1. The van der Waals surface area contributed by atoms with Crippen LogP contribution >= 0.6 is 15.9 Å². The lowest BCUT2D eigenvalue weighted by Crippen LogP contribution is -2.33. The van der Waals surface area contributed by atoms with Crippen LogP contribution in [0.1, 0.15) is 21.6 Å². The van der Waals surface area contributed by atoms with Crippen LogP contribution in [0.4, 0.5) is 0 Å². The maximum absolute atomic E-state index is 12.6. The zero-order valence-electron chi connectivity index (χ0n) is 12.7. The van der Waals surface area contributed by atoms with Crippen LogP contribution in [-0.2, 0) is 12.8 Å². The Labute approximate surface area is 143 Å². The zero-order chi connectivity index (χ0) is 15.8. The van der Waals surface area contributed by atoms with E-state index in [2.05, 4.69) is 39.1 Å². The van der Waals surface area contributed by atoms with Gasteiger partial charge in [-0.1, -0.05) is 40.2 Å². The van der Waals surface area contributed by atoms with Crippen molar-refractivity contribution in [1.29, 1.82) is 0 Å². The van der Waals surface area contributed by atoms with Crippen LogP contribution in [0.25, 0.3) is 10.9 Å². The van der Waals surface area contributed by atoms with Crippen molar-refractivity contribution < 1.29 is 4.79 Å². The fourth-order valence-corrected chi connectivity index (χ4v) is 3.72. The number of hydrogen-bond donors (Lipinski definition) is 1. The van der Waals surface area contributed by atoms with Crippen LogP contribution in [0, 0.1) is 0 Å². The maximum atomic E-state index is 12.6. The zero-order valence-corrected chi connectivity index (χ0v) is 14.3. The SMILES string of the molecule is O=C(c1ccccc1)N1CCc2[nH]c3cc(Br)ccc3c2CC1. The summed E-state index contributed by atoms with van der Waals surface area (Å²) in [5, 5.41) is 1.28. The fourth-order valence-electron chi connectivity index (χ4n) is 3.35. The molecule has 23 heavy (non-hydrogen) atoms. The monoisotopic (exact) mass is 368 g/mol. The molecular formula is C19H17BrN2O. The lowest BCUT2D eigenvalue weighted by molar-refractivity contribution is 0.0763. The van der Waals surface area contributed by atoms with Crippen molar-refractivity contribution in [3.8, 4) is 0 Å². The van der Waals surface area contributed by atoms with Gasteiger partial charge in [0.1, 0.15) is 0 Å². The van der Waals surface area contributed by atoms with E-state index in [0.29, 0.717) is 0 Å². The number of aromatic amines is 1. The van der Waals surface area contributed by atoms with E-state index in [0.717, 1.165) is 36.0 Å². The van der Waals surface area contributed by atoms with Gasteiger partial charge in [0, 0.05) is 46.1 Å². The lowest BCUT2D eigenvalue weighted by Gasteiger charge is -2.20. The average molecular weight is 369 g/mol. The summed E-state index contributed by atoms with van der Waals surface area (Å²) in [4.78, 5) is 18.1. The molecule has 3 aromatic rings. The van der Waals surface area contributed by atoms with Crippen molar-refractivity contribution in [2.24, 2.45) is 0 Å². The molecular weight excluding hydrogens is 352 g/mol. The summed E-state index contributed by atoms with van der Waals surface area (Å²) < 4.78 is 1.09. The van der Waals surface area contributed by atoms with Crippen molar-refractivity contribution in [1.82, 2.24) is 9.88 Å². The summed E-state index contributed by atoms with van der Waals surface area (Å²) >= 11 is 3.52. The van der Waals surface area contributed by atoms with Crippen molar-refractivity contribution in [2.75, 3.05) is 13.1 Å². The Kier molecular flexibility index (Phi) is 3.69. The van der Waals surface area contributed by atoms with Crippen molar-refractivity contribution in [3.63, 3.8) is 0 Å². The third-order valence-electron chi connectivity index (χ3n) is 4.53. The molecule has 0 saturated carbocycles. The van der Waals surface area contributed by atoms with Gasteiger partial charge in [-0.3, -0.25) is 4.79 Å². The second kappa shape index (κ2) is 5.85. The summed E-state index contributed by atoms with van der Waals surface area (Å²) in [6.45, 7) is 1.53. The summed E-state index contributed by atoms with van der Waals surface area (Å²) in [7, 11) is 0. The van der Waals surface area contributed by atoms with Gasteiger partial charge in [0.2, 0.25) is 0 Å². The quantitative estimate of drug-likeness (QED) is 0.687. The molecule has 0 spiro atoms. The number of rotatable bonds is 1. The minimum Gasteiger partial charge on any atom is -0.358 e. The van der Waals surface area contributed by atoms with Gasteiger partial charge in [0.15, 0.2) is 0 Å². The number of nitrogens with zero attached hydrogens (tertiary/aromatic N) is 1. The summed E-state index contributed by atoms with van der Waals surface area (Å²) in [5.74, 6) is 0.128. The topological polar surface area (TPSA) is 36.1 Å². The highest BCUT2D eigenvalue weighted by atomic mass is 79.9. The second-order valence-electron chi connectivity index (χ2n) is 5.93. The van der Waals surface area contributed by atoms with Crippen LogP contribution in [-0.4, -0.2) is 28.9 Å². The highest BCUT2D eigenvalue weighted by molar-refractivity contribution is 9.10. The minimum atomic E-state index is 0.128. The average Bonchev–Trinajstić information content (AvgIpc) is 2.78. The molecule has 0 bridgehead atoms. The molecule has 1 amide bonds. The van der Waals surface area contributed by atoms with Crippen LogP contribution in [0.2, 0.25) is 0 Å². The van der Waals surface area contributed by atoms with Gasteiger partial charge >= 0.3 is 0 Å². The van der Waals surface area contributed by atoms with Crippen LogP contribution < -0.4 is 0 Å². The Morgan fingerprint density at radius 2 is 1.83 bits per heavy atom. The predicted molar refractivity (Wildman–Crippen MR) is 95.8 cm³/mol. The molecule has 1 aliphatic rings. The van der Waals surface area contributed by atoms with Gasteiger partial charge in [0.05, 0.1) is 0 Å². The smallest absolute Gasteiger partial charge is 0.253 e. The molecule has 0 unspecified atom stereocenters. The van der Waals surface area contributed by atoms with E-state index in [4.69, 9.17) is 0 Å². The summed E-state index contributed by atoms with van der Waals surface area (Å²) in [6.07, 6.45) is 1.77. The van der Waals surface area contributed by atoms with Crippen molar-refractivity contribution in [3.05, 3.63) is 69.8 Å². The number of aromatic nitrogens is 1. The standard InChI is InChI=1S/C19H17BrN2O/c20-14-6-7-15-16-8-10-22(11-9-17(16)21-18(15)12-14)19(23)13-4-2-1-3-5-13/h1-7,12,21H,8-11H2. The second-order valence-corrected chi connectivity index (χ2v) is 6.85. The number of benzene rings is 2. The number of halogens is 1. The first kappa shape index (κ1) is 14.5. The molecule has 4 rings (SSSR count). The van der Waals surface area contributed by atoms with E-state index in [1.807, 2.05) is 35.2 Å². The first-order chi connectivity index (χ1) is 11.2. The molecule has 1 N–H and O–H groups in total. The van der Waals surface area contributed by atoms with E-state index in [1.54, 1.807) is 0 Å². The van der Waals surface area contributed by atoms with E-state index < -0.39 is 0 Å². The van der Waals surface area contributed by atoms with Crippen LogP contribution in [0.15, 0.2) is 53.0 Å². The van der Waals surface area contributed by atoms with Gasteiger partial charge in [0.25, 0.3) is 5.91 Å². The third-order valence-corrected chi connectivity index (χ3v) is 5.02. The maximum Gasteiger partial charge on any atom is 0.253 e. The van der Waals surface area contributed by atoms with Crippen LogP contribution in [0.3, 0.4) is 0 Å². The highest BCUT2D eigenvalue weighted by Gasteiger charge is 2.22. The molecule has 2 aromatic carbocycles. The molecule has 0 radical (unpaired) electrons. The van der Waals surface area contributed by atoms with Crippen molar-refractivity contribution >= 4 is 32.7 Å². The Hall–Kier alpha value is -2.07. The van der Waals surface area contributed by atoms with Gasteiger partial charge in [-0.25, -0.2) is 0 Å². The molecule has 116 valence electrons. The van der Waals surface area contributed by atoms with E-state index in [-0.39, 0.29) is 5.91 Å². The van der Waals surface area contributed by atoms with E-state index >= 15 is 0 Å². The molecule has 4 heteroatoms. The normalized spacial score (nSPS) is 14.6. The molecule has 0 atom stereocenters. The Morgan fingerprint density at radius 3 is 2.65 bits per heavy atom. The van der Waals surface area contributed by atoms with Crippen molar-refractivity contribution in [2.45, 2.75) is 12.8 Å². The Balaban J connectivity index is 1.61. The minimum absolute atomic E-state index is 0.128. The number of H-pyrrole nitrogens is 1. The summed E-state index contributed by atoms with van der Waals surface area (Å²) in [5.41, 5.74) is 4.57. The number of hydrogen-bond acceptors (Lipinski definition) is 1. The number of amides is 1. The molecule has 3 nitrogen and oxygen atoms in total. The number of carbonyl (C=O) groups excluding carboxylic acids is 1. The lowest BCUT2D eigenvalue weighted by atomic mass is 10.1. The molecule has 0 aliphatic carbocycles. The molecule has 2 heterocycles.